The Hall–Kier alpha value is -1.32. The molecule has 1 saturated heterocycles. The zero-order valence-electron chi connectivity index (χ0n) is 7.56. The molecule has 72 valence electrons. The van der Waals surface area contributed by atoms with Gasteiger partial charge in [0.1, 0.15) is 0 Å². The lowest BCUT2D eigenvalue weighted by Gasteiger charge is -2.12. The minimum Gasteiger partial charge on any atom is -0.481 e. The topological polar surface area (TPSA) is 57.6 Å². The molecule has 0 aromatic rings. The first-order chi connectivity index (χ1) is 6.15. The van der Waals surface area contributed by atoms with E-state index in [4.69, 9.17) is 5.11 Å². The Bertz CT molecular complexity index is 247. The second-order valence-electron chi connectivity index (χ2n) is 3.11. The van der Waals surface area contributed by atoms with Crippen LogP contribution in [0.5, 0.6) is 0 Å². The number of hydrogen-bond acceptors (Lipinski definition) is 2. The van der Waals surface area contributed by atoms with Crippen molar-refractivity contribution in [1.29, 1.82) is 0 Å². The molecular formula is C9H13NO3. The lowest BCUT2D eigenvalue weighted by molar-refractivity contribution is -0.141. The summed E-state index contributed by atoms with van der Waals surface area (Å²) < 4.78 is 0. The standard InChI is InChI=1S/C9H13NO3/c1-2-3-8(11)10-5-4-7(6-10)9(12)13/h2-3,7H,4-6H2,1H3,(H,12,13). The monoisotopic (exact) mass is 183 g/mol. The van der Waals surface area contributed by atoms with Crippen molar-refractivity contribution in [2.24, 2.45) is 5.92 Å². The zero-order chi connectivity index (χ0) is 9.84. The van der Waals surface area contributed by atoms with Crippen molar-refractivity contribution < 1.29 is 14.7 Å². The summed E-state index contributed by atoms with van der Waals surface area (Å²) in [5, 5.41) is 8.69. The summed E-state index contributed by atoms with van der Waals surface area (Å²) in [6.07, 6.45) is 3.69. The molecule has 0 spiro atoms. The van der Waals surface area contributed by atoms with Crippen LogP contribution in [-0.4, -0.2) is 35.0 Å². The largest absolute Gasteiger partial charge is 0.481 e. The Morgan fingerprint density at radius 3 is 2.69 bits per heavy atom. The van der Waals surface area contributed by atoms with E-state index in [1.807, 2.05) is 0 Å². The molecule has 0 aromatic heterocycles. The lowest BCUT2D eigenvalue weighted by atomic mass is 10.1. The third-order valence-corrected chi connectivity index (χ3v) is 2.16. The highest BCUT2D eigenvalue weighted by Gasteiger charge is 2.29. The minimum atomic E-state index is -0.809. The summed E-state index contributed by atoms with van der Waals surface area (Å²) in [4.78, 5) is 23.4. The van der Waals surface area contributed by atoms with E-state index in [9.17, 15) is 9.59 Å². The van der Waals surface area contributed by atoms with Crippen molar-refractivity contribution >= 4 is 11.9 Å². The average molecular weight is 183 g/mol. The molecule has 1 aliphatic rings. The van der Waals surface area contributed by atoms with Gasteiger partial charge in [0.2, 0.25) is 5.91 Å². The van der Waals surface area contributed by atoms with Crippen molar-refractivity contribution in [3.63, 3.8) is 0 Å². The van der Waals surface area contributed by atoms with Gasteiger partial charge in [0.25, 0.3) is 0 Å². The summed E-state index contributed by atoms with van der Waals surface area (Å²) in [5.41, 5.74) is 0. The van der Waals surface area contributed by atoms with Crippen LogP contribution in [0.1, 0.15) is 13.3 Å². The van der Waals surface area contributed by atoms with Gasteiger partial charge in [-0.25, -0.2) is 0 Å². The van der Waals surface area contributed by atoms with Gasteiger partial charge in [-0.2, -0.15) is 0 Å². The van der Waals surface area contributed by atoms with Crippen LogP contribution in [0, 0.1) is 5.92 Å². The van der Waals surface area contributed by atoms with Crippen molar-refractivity contribution in [3.05, 3.63) is 12.2 Å². The molecule has 4 heteroatoms. The van der Waals surface area contributed by atoms with Crippen molar-refractivity contribution in [2.75, 3.05) is 13.1 Å². The fourth-order valence-corrected chi connectivity index (χ4v) is 1.41. The SMILES string of the molecule is CC=CC(=O)N1CCC(C(=O)O)C1. The molecule has 1 amide bonds. The summed E-state index contributed by atoms with van der Waals surface area (Å²) in [6, 6.07) is 0. The highest BCUT2D eigenvalue weighted by atomic mass is 16.4. The minimum absolute atomic E-state index is 0.0914. The third-order valence-electron chi connectivity index (χ3n) is 2.16. The van der Waals surface area contributed by atoms with E-state index < -0.39 is 5.97 Å². The van der Waals surface area contributed by atoms with E-state index in [-0.39, 0.29) is 11.8 Å². The molecule has 0 bridgehead atoms. The Kier molecular flexibility index (Phi) is 3.06. The number of allylic oxidation sites excluding steroid dienone is 1. The zero-order valence-corrected chi connectivity index (χ0v) is 7.56. The van der Waals surface area contributed by atoms with Crippen LogP contribution < -0.4 is 0 Å². The van der Waals surface area contributed by atoms with E-state index in [1.54, 1.807) is 17.9 Å². The van der Waals surface area contributed by atoms with E-state index in [2.05, 4.69) is 0 Å². The van der Waals surface area contributed by atoms with Crippen molar-refractivity contribution in [1.82, 2.24) is 4.90 Å². The Labute approximate surface area is 76.8 Å². The Balaban J connectivity index is 2.50. The predicted molar refractivity (Wildman–Crippen MR) is 47.1 cm³/mol. The molecule has 1 N–H and O–H groups in total. The fourth-order valence-electron chi connectivity index (χ4n) is 1.41. The third kappa shape index (κ3) is 2.31. The van der Waals surface area contributed by atoms with E-state index >= 15 is 0 Å². The average Bonchev–Trinajstić information content (AvgIpc) is 2.52. The number of nitrogens with zero attached hydrogens (tertiary/aromatic N) is 1. The van der Waals surface area contributed by atoms with Gasteiger partial charge in [0, 0.05) is 13.1 Å². The molecule has 1 fully saturated rings. The van der Waals surface area contributed by atoms with Gasteiger partial charge in [-0.05, 0) is 19.4 Å². The van der Waals surface area contributed by atoms with E-state index in [0.29, 0.717) is 19.5 Å². The molecule has 0 aromatic carbocycles. The van der Waals surface area contributed by atoms with Gasteiger partial charge >= 0.3 is 5.97 Å². The smallest absolute Gasteiger partial charge is 0.308 e. The maximum Gasteiger partial charge on any atom is 0.308 e. The van der Waals surface area contributed by atoms with Crippen LogP contribution in [-0.2, 0) is 9.59 Å². The molecule has 13 heavy (non-hydrogen) atoms. The van der Waals surface area contributed by atoms with Crippen LogP contribution >= 0.6 is 0 Å². The van der Waals surface area contributed by atoms with Crippen LogP contribution in [0.2, 0.25) is 0 Å². The molecule has 1 rings (SSSR count). The van der Waals surface area contributed by atoms with Gasteiger partial charge < -0.3 is 10.0 Å². The van der Waals surface area contributed by atoms with Crippen LogP contribution in [0.15, 0.2) is 12.2 Å². The Morgan fingerprint density at radius 2 is 2.23 bits per heavy atom. The van der Waals surface area contributed by atoms with Gasteiger partial charge in [-0.1, -0.05) is 6.08 Å². The molecule has 1 heterocycles. The summed E-state index contributed by atoms with van der Waals surface area (Å²) in [7, 11) is 0. The molecule has 0 radical (unpaired) electrons. The van der Waals surface area contributed by atoms with Crippen LogP contribution in [0.25, 0.3) is 0 Å². The van der Waals surface area contributed by atoms with E-state index in [0.717, 1.165) is 0 Å². The molecule has 4 nitrogen and oxygen atoms in total. The van der Waals surface area contributed by atoms with Gasteiger partial charge in [0.05, 0.1) is 5.92 Å². The number of hydrogen-bond donors (Lipinski definition) is 1. The van der Waals surface area contributed by atoms with Gasteiger partial charge in [0.15, 0.2) is 0 Å². The summed E-state index contributed by atoms with van der Waals surface area (Å²) >= 11 is 0. The Morgan fingerprint density at radius 1 is 1.54 bits per heavy atom. The molecule has 0 saturated carbocycles. The second-order valence-corrected chi connectivity index (χ2v) is 3.11. The summed E-state index contributed by atoms with van der Waals surface area (Å²) in [5.74, 6) is -1.28. The molecule has 1 atom stereocenters. The van der Waals surface area contributed by atoms with Gasteiger partial charge in [-0.15, -0.1) is 0 Å². The maximum absolute atomic E-state index is 11.3. The van der Waals surface area contributed by atoms with Crippen LogP contribution in [0.4, 0.5) is 0 Å². The number of carboxylic acid groups (broad SMARTS) is 1. The highest BCUT2D eigenvalue weighted by Crippen LogP contribution is 2.16. The maximum atomic E-state index is 11.3. The number of rotatable bonds is 2. The van der Waals surface area contributed by atoms with Crippen molar-refractivity contribution in [2.45, 2.75) is 13.3 Å². The van der Waals surface area contributed by atoms with Crippen molar-refractivity contribution in [3.8, 4) is 0 Å². The quantitative estimate of drug-likeness (QED) is 0.634. The number of aliphatic carboxylic acids is 1. The molecule has 1 aliphatic heterocycles. The second kappa shape index (κ2) is 4.07. The number of amides is 1. The lowest BCUT2D eigenvalue weighted by Crippen LogP contribution is -2.28. The number of carbonyl (C=O) groups is 2. The number of carbonyl (C=O) groups excluding carboxylic acids is 1. The number of carboxylic acids is 1. The fraction of sp³-hybridized carbons (Fsp3) is 0.556. The van der Waals surface area contributed by atoms with E-state index in [1.165, 1.54) is 6.08 Å². The predicted octanol–water partition coefficient (Wildman–Crippen LogP) is 0.496. The molecule has 1 unspecified atom stereocenters. The summed E-state index contributed by atoms with van der Waals surface area (Å²) in [6.45, 7) is 2.67. The molecular weight excluding hydrogens is 170 g/mol. The normalized spacial score (nSPS) is 22.5. The number of likely N-dealkylation sites (tertiary alicyclic amines) is 1. The highest BCUT2D eigenvalue weighted by molar-refractivity contribution is 5.88. The van der Waals surface area contributed by atoms with Gasteiger partial charge in [-0.3, -0.25) is 9.59 Å². The first-order valence-corrected chi connectivity index (χ1v) is 4.29. The first-order valence-electron chi connectivity index (χ1n) is 4.29. The molecule has 0 aliphatic carbocycles. The first kappa shape index (κ1) is 9.77. The van der Waals surface area contributed by atoms with Crippen LogP contribution in [0.3, 0.4) is 0 Å².